The van der Waals surface area contributed by atoms with E-state index in [9.17, 15) is 23.2 Å². The number of benzene rings is 4. The Balaban J connectivity index is 2.15. The molecule has 0 amide bonds. The Morgan fingerprint density at radius 2 is 1.45 bits per heavy atom. The molecule has 0 fully saturated rings. The molecule has 0 spiro atoms. The largest absolute Gasteiger partial charge is 0.507 e. The van der Waals surface area contributed by atoms with Crippen LogP contribution in [0.25, 0.3) is 21.5 Å². The number of nitrogen functional groups attached to an aromatic ring is 1. The minimum atomic E-state index is -4.69. The number of phenolic OH excluding ortho intramolecular Hbond substituents is 2. The zero-order chi connectivity index (χ0) is 20.9. The average Bonchev–Trinajstić information content (AvgIpc) is 2.68. The van der Waals surface area contributed by atoms with Crippen LogP contribution >= 0.6 is 0 Å². The molecule has 0 aliphatic carbocycles. The monoisotopic (exact) mass is 410 g/mol. The quantitative estimate of drug-likeness (QED) is 0.147. The lowest BCUT2D eigenvalue weighted by atomic mass is 9.98. The van der Waals surface area contributed by atoms with E-state index in [4.69, 9.17) is 5.73 Å². The minimum Gasteiger partial charge on any atom is -0.507 e. The van der Waals surface area contributed by atoms with Crippen LogP contribution < -0.4 is 11.1 Å². The van der Waals surface area contributed by atoms with Crippen LogP contribution in [0.4, 0.5) is 17.1 Å². The summed E-state index contributed by atoms with van der Waals surface area (Å²) in [7, 11) is -4.69. The maximum absolute atomic E-state index is 11.9. The third-order valence-electron chi connectivity index (χ3n) is 4.85. The number of aromatic hydroxyl groups is 2. The van der Waals surface area contributed by atoms with Gasteiger partial charge in [-0.05, 0) is 25.1 Å². The van der Waals surface area contributed by atoms with Gasteiger partial charge in [-0.1, -0.05) is 42.0 Å². The maximum Gasteiger partial charge on any atom is 0.296 e. The molecule has 8 heteroatoms. The Morgan fingerprint density at radius 1 is 0.897 bits per heavy atom. The van der Waals surface area contributed by atoms with Gasteiger partial charge in [0.25, 0.3) is 10.1 Å². The highest BCUT2D eigenvalue weighted by atomic mass is 32.2. The molecule has 0 aromatic heterocycles. The van der Waals surface area contributed by atoms with Crippen molar-refractivity contribution in [3.05, 3.63) is 60.2 Å². The van der Waals surface area contributed by atoms with Crippen molar-refractivity contribution in [1.29, 1.82) is 0 Å². The molecule has 6 N–H and O–H groups in total. The summed E-state index contributed by atoms with van der Waals surface area (Å²) >= 11 is 0. The summed E-state index contributed by atoms with van der Waals surface area (Å²) < 4.78 is 33.5. The molecular formula is C21H18N2O5S. The Hall–Kier alpha value is -3.49. The average molecular weight is 410 g/mol. The molecule has 4 aromatic rings. The summed E-state index contributed by atoms with van der Waals surface area (Å²) in [5.41, 5.74) is 7.48. The standard InChI is InChI=1S/C21H18N2O5S/c1-11-6-8-12(9-7-11)23-15-10-16(29(26,27)28)19(22)18-17(15)20(24)13-4-2-3-5-14(13)21(18)25/h2-10,23-25H,22H2,1H3,(H,26,27,28). The van der Waals surface area contributed by atoms with Crippen molar-refractivity contribution >= 4 is 48.7 Å². The Labute approximate surface area is 166 Å². The lowest BCUT2D eigenvalue weighted by molar-refractivity contribution is 0.478. The predicted octanol–water partition coefficient (Wildman–Crippen LogP) is 4.29. The first-order valence-corrected chi connectivity index (χ1v) is 10.1. The van der Waals surface area contributed by atoms with Crippen LogP contribution in [-0.2, 0) is 10.1 Å². The molecule has 0 aliphatic rings. The van der Waals surface area contributed by atoms with Crippen molar-refractivity contribution in [3.63, 3.8) is 0 Å². The molecule has 0 saturated heterocycles. The molecule has 148 valence electrons. The molecule has 29 heavy (non-hydrogen) atoms. The van der Waals surface area contributed by atoms with Gasteiger partial charge in [0, 0.05) is 16.5 Å². The lowest BCUT2D eigenvalue weighted by Crippen LogP contribution is -2.06. The number of phenols is 2. The molecule has 0 bridgehead atoms. The number of anilines is 3. The van der Waals surface area contributed by atoms with Gasteiger partial charge in [-0.25, -0.2) is 0 Å². The Morgan fingerprint density at radius 3 is 2.00 bits per heavy atom. The minimum absolute atomic E-state index is 0.0639. The fraction of sp³-hybridized carbons (Fsp3) is 0.0476. The van der Waals surface area contributed by atoms with Gasteiger partial charge < -0.3 is 21.3 Å². The molecular weight excluding hydrogens is 392 g/mol. The molecule has 0 saturated carbocycles. The fourth-order valence-electron chi connectivity index (χ4n) is 3.44. The number of nitrogens with two attached hydrogens (primary N) is 1. The van der Waals surface area contributed by atoms with Crippen LogP contribution in [0, 0.1) is 6.92 Å². The van der Waals surface area contributed by atoms with Crippen molar-refractivity contribution in [1.82, 2.24) is 0 Å². The van der Waals surface area contributed by atoms with E-state index in [0.29, 0.717) is 16.5 Å². The van der Waals surface area contributed by atoms with Gasteiger partial charge in [0.2, 0.25) is 0 Å². The first kappa shape index (κ1) is 18.9. The zero-order valence-electron chi connectivity index (χ0n) is 15.3. The van der Waals surface area contributed by atoms with E-state index in [1.54, 1.807) is 36.4 Å². The second-order valence-electron chi connectivity index (χ2n) is 6.79. The van der Waals surface area contributed by atoms with E-state index >= 15 is 0 Å². The number of hydrogen-bond acceptors (Lipinski definition) is 6. The normalized spacial score (nSPS) is 11.8. The van der Waals surface area contributed by atoms with E-state index < -0.39 is 15.0 Å². The zero-order valence-corrected chi connectivity index (χ0v) is 16.2. The van der Waals surface area contributed by atoms with Crippen LogP contribution in [0.2, 0.25) is 0 Å². The molecule has 0 unspecified atom stereocenters. The summed E-state index contributed by atoms with van der Waals surface area (Å²) in [6, 6.07) is 15.0. The van der Waals surface area contributed by atoms with Gasteiger partial charge in [-0.3, -0.25) is 4.55 Å². The van der Waals surface area contributed by atoms with E-state index in [1.807, 2.05) is 19.1 Å². The molecule has 0 aliphatic heterocycles. The third-order valence-corrected chi connectivity index (χ3v) is 5.74. The van der Waals surface area contributed by atoms with Crippen molar-refractivity contribution < 1.29 is 23.2 Å². The number of hydrogen-bond donors (Lipinski definition) is 5. The summed E-state index contributed by atoms with van der Waals surface area (Å²) in [6.45, 7) is 1.93. The molecule has 7 nitrogen and oxygen atoms in total. The SMILES string of the molecule is Cc1ccc(Nc2cc(S(=O)(=O)O)c(N)c3c(O)c4ccccc4c(O)c23)cc1. The van der Waals surface area contributed by atoms with E-state index in [-0.39, 0.29) is 33.6 Å². The number of rotatable bonds is 3. The van der Waals surface area contributed by atoms with Crippen molar-refractivity contribution in [2.45, 2.75) is 11.8 Å². The number of fused-ring (bicyclic) bond motifs is 2. The summed E-state index contributed by atoms with van der Waals surface area (Å²) in [6.07, 6.45) is 0. The van der Waals surface area contributed by atoms with Gasteiger partial charge in [0.15, 0.2) is 0 Å². The molecule has 0 radical (unpaired) electrons. The van der Waals surface area contributed by atoms with Gasteiger partial charge in [0.1, 0.15) is 16.4 Å². The van der Waals surface area contributed by atoms with Crippen molar-refractivity contribution in [2.24, 2.45) is 0 Å². The van der Waals surface area contributed by atoms with Crippen LogP contribution in [0.3, 0.4) is 0 Å². The van der Waals surface area contributed by atoms with Crippen molar-refractivity contribution in [3.8, 4) is 11.5 Å². The topological polar surface area (TPSA) is 133 Å². The first-order valence-electron chi connectivity index (χ1n) is 8.68. The summed E-state index contributed by atoms with van der Waals surface area (Å²) in [4.78, 5) is -0.565. The van der Waals surface area contributed by atoms with Gasteiger partial charge in [0.05, 0.1) is 22.1 Å². The van der Waals surface area contributed by atoms with Crippen LogP contribution in [0.5, 0.6) is 11.5 Å². The van der Waals surface area contributed by atoms with Gasteiger partial charge in [-0.15, -0.1) is 0 Å². The molecule has 0 heterocycles. The molecule has 4 rings (SSSR count). The molecule has 0 atom stereocenters. The third kappa shape index (κ3) is 3.08. The number of nitrogens with one attached hydrogen (secondary N) is 1. The van der Waals surface area contributed by atoms with Gasteiger partial charge in [-0.2, -0.15) is 8.42 Å². The highest BCUT2D eigenvalue weighted by Gasteiger charge is 2.25. The lowest BCUT2D eigenvalue weighted by Gasteiger charge is -2.18. The highest BCUT2D eigenvalue weighted by Crippen LogP contribution is 2.49. The second-order valence-corrected chi connectivity index (χ2v) is 8.18. The predicted molar refractivity (Wildman–Crippen MR) is 113 cm³/mol. The van der Waals surface area contributed by atoms with E-state index in [1.165, 1.54) is 0 Å². The summed E-state index contributed by atoms with van der Waals surface area (Å²) in [5.74, 6) is -0.458. The van der Waals surface area contributed by atoms with Crippen molar-refractivity contribution in [2.75, 3.05) is 11.1 Å². The van der Waals surface area contributed by atoms with Crippen LogP contribution in [0.1, 0.15) is 5.56 Å². The first-order chi connectivity index (χ1) is 13.7. The molecule has 4 aromatic carbocycles. The van der Waals surface area contributed by atoms with E-state index in [0.717, 1.165) is 11.6 Å². The smallest absolute Gasteiger partial charge is 0.296 e. The maximum atomic E-state index is 11.9. The Kier molecular flexibility index (Phi) is 4.25. The van der Waals surface area contributed by atoms with E-state index in [2.05, 4.69) is 5.32 Å². The fourth-order valence-corrected chi connectivity index (χ4v) is 4.08. The highest BCUT2D eigenvalue weighted by molar-refractivity contribution is 7.86. The second kappa shape index (κ2) is 6.54. The van der Waals surface area contributed by atoms with Crippen LogP contribution in [0.15, 0.2) is 59.5 Å². The van der Waals surface area contributed by atoms with Crippen LogP contribution in [-0.4, -0.2) is 23.2 Å². The Bertz CT molecular complexity index is 1380. The summed E-state index contributed by atoms with van der Waals surface area (Å²) in [5, 5.41) is 25.6. The number of aryl methyl sites for hydroxylation is 1. The van der Waals surface area contributed by atoms with Gasteiger partial charge >= 0.3 is 0 Å².